The molecule has 3 aromatic rings. The first kappa shape index (κ1) is 24.1. The fourth-order valence-electron chi connectivity index (χ4n) is 2.95. The largest absolute Gasteiger partial charge is 0.490 e. The third kappa shape index (κ3) is 6.73. The van der Waals surface area contributed by atoms with Gasteiger partial charge in [0.15, 0.2) is 11.5 Å². The summed E-state index contributed by atoms with van der Waals surface area (Å²) in [6, 6.07) is 17.7. The number of esters is 1. The Labute approximate surface area is 196 Å². The molecule has 0 bridgehead atoms. The zero-order valence-electron chi connectivity index (χ0n) is 18.7. The summed E-state index contributed by atoms with van der Waals surface area (Å²) < 4.78 is 11.1. The number of ether oxygens (including phenoxy) is 2. The maximum Gasteiger partial charge on any atom is 0.343 e. The van der Waals surface area contributed by atoms with Crippen LogP contribution in [-0.4, -0.2) is 29.6 Å². The van der Waals surface area contributed by atoms with Crippen LogP contribution in [0.5, 0.6) is 11.5 Å². The van der Waals surface area contributed by atoms with Crippen LogP contribution in [0.15, 0.2) is 71.8 Å². The summed E-state index contributed by atoms with van der Waals surface area (Å²) in [5.41, 5.74) is 5.07. The van der Waals surface area contributed by atoms with E-state index in [2.05, 4.69) is 10.5 Å². The molecule has 0 atom stereocenters. The number of hydrogen-bond acceptors (Lipinski definition) is 7. The van der Waals surface area contributed by atoms with Gasteiger partial charge in [0.1, 0.15) is 0 Å². The van der Waals surface area contributed by atoms with E-state index in [1.54, 1.807) is 30.3 Å². The highest BCUT2D eigenvalue weighted by Gasteiger charge is 2.13. The van der Waals surface area contributed by atoms with Crippen molar-refractivity contribution in [2.24, 2.45) is 5.10 Å². The Hall–Kier alpha value is -4.53. The predicted octanol–water partition coefficient (Wildman–Crippen LogP) is 4.21. The first-order valence-electron chi connectivity index (χ1n) is 10.5. The van der Waals surface area contributed by atoms with Crippen molar-refractivity contribution < 1.29 is 24.0 Å². The number of nitrogens with one attached hydrogen (secondary N) is 1. The highest BCUT2D eigenvalue weighted by molar-refractivity contribution is 5.91. The van der Waals surface area contributed by atoms with E-state index in [-0.39, 0.29) is 23.8 Å². The number of rotatable bonds is 9. The molecule has 0 heterocycles. The van der Waals surface area contributed by atoms with Gasteiger partial charge in [0, 0.05) is 12.1 Å². The SMILES string of the molecule is CCOc1cc(/C=N/NC(=O)Cc2ccc([N+](=O)[O-])cc2)ccc1OC(=O)c1ccc(C)cc1. The molecule has 0 aliphatic heterocycles. The van der Waals surface area contributed by atoms with Gasteiger partial charge in [-0.3, -0.25) is 14.9 Å². The lowest BCUT2D eigenvalue weighted by Crippen LogP contribution is -2.19. The van der Waals surface area contributed by atoms with Crippen molar-refractivity contribution in [3.63, 3.8) is 0 Å². The molecule has 0 unspecified atom stereocenters. The molecule has 0 aromatic heterocycles. The Morgan fingerprint density at radius 1 is 1.03 bits per heavy atom. The summed E-state index contributed by atoms with van der Waals surface area (Å²) >= 11 is 0. The van der Waals surface area contributed by atoms with Crippen LogP contribution in [-0.2, 0) is 11.2 Å². The monoisotopic (exact) mass is 461 g/mol. The van der Waals surface area contributed by atoms with Gasteiger partial charge in [0.25, 0.3) is 5.69 Å². The maximum atomic E-state index is 12.4. The first-order valence-corrected chi connectivity index (χ1v) is 10.5. The molecule has 0 fully saturated rings. The van der Waals surface area contributed by atoms with E-state index >= 15 is 0 Å². The number of benzene rings is 3. The molecular weight excluding hydrogens is 438 g/mol. The molecule has 3 rings (SSSR count). The second-order valence-corrected chi connectivity index (χ2v) is 7.29. The van der Waals surface area contributed by atoms with Crippen LogP contribution in [0.2, 0.25) is 0 Å². The smallest absolute Gasteiger partial charge is 0.343 e. The second kappa shape index (κ2) is 11.4. The van der Waals surface area contributed by atoms with Crippen molar-refractivity contribution in [2.75, 3.05) is 6.61 Å². The number of nitro groups is 1. The summed E-state index contributed by atoms with van der Waals surface area (Å²) in [7, 11) is 0. The predicted molar refractivity (Wildman–Crippen MR) is 126 cm³/mol. The molecule has 0 spiro atoms. The van der Waals surface area contributed by atoms with Crippen molar-refractivity contribution in [1.82, 2.24) is 5.43 Å². The van der Waals surface area contributed by atoms with Crippen molar-refractivity contribution in [3.05, 3.63) is 99.1 Å². The molecule has 1 N–H and O–H groups in total. The first-order chi connectivity index (χ1) is 16.4. The van der Waals surface area contributed by atoms with Crippen LogP contribution in [0.3, 0.4) is 0 Å². The standard InChI is InChI=1S/C25H23N3O6/c1-3-33-23-14-19(8-13-22(23)34-25(30)20-9-4-17(2)5-10-20)16-26-27-24(29)15-18-6-11-21(12-7-18)28(31)32/h4-14,16H,3,15H2,1-2H3,(H,27,29)/b26-16+. The van der Waals surface area contributed by atoms with Crippen LogP contribution < -0.4 is 14.9 Å². The number of carbonyl (C=O) groups is 2. The van der Waals surface area contributed by atoms with Crippen LogP contribution in [0.4, 0.5) is 5.69 Å². The summed E-state index contributed by atoms with van der Waals surface area (Å²) in [4.78, 5) is 34.7. The summed E-state index contributed by atoms with van der Waals surface area (Å²) in [6.45, 7) is 4.10. The normalized spacial score (nSPS) is 10.6. The third-order valence-electron chi connectivity index (χ3n) is 4.67. The average molecular weight is 461 g/mol. The van der Waals surface area contributed by atoms with E-state index < -0.39 is 10.9 Å². The molecule has 0 saturated heterocycles. The number of non-ortho nitro benzene ring substituents is 1. The lowest BCUT2D eigenvalue weighted by atomic mass is 10.1. The molecule has 0 radical (unpaired) electrons. The van der Waals surface area contributed by atoms with Crippen LogP contribution in [0.1, 0.15) is 34.0 Å². The number of nitrogens with zero attached hydrogens (tertiary/aromatic N) is 2. The lowest BCUT2D eigenvalue weighted by Gasteiger charge is -2.11. The van der Waals surface area contributed by atoms with Crippen LogP contribution >= 0.6 is 0 Å². The second-order valence-electron chi connectivity index (χ2n) is 7.29. The van der Waals surface area contributed by atoms with Gasteiger partial charge in [-0.2, -0.15) is 5.10 Å². The molecule has 0 aliphatic rings. The van der Waals surface area contributed by atoms with E-state index in [0.29, 0.717) is 29.0 Å². The topological polar surface area (TPSA) is 120 Å². The van der Waals surface area contributed by atoms with Gasteiger partial charge >= 0.3 is 5.97 Å². The fraction of sp³-hybridized carbons (Fsp3) is 0.160. The van der Waals surface area contributed by atoms with Gasteiger partial charge in [-0.15, -0.1) is 0 Å². The number of amides is 1. The quantitative estimate of drug-likeness (QED) is 0.168. The van der Waals surface area contributed by atoms with Crippen molar-refractivity contribution in [2.45, 2.75) is 20.3 Å². The minimum atomic E-state index is -0.501. The molecule has 174 valence electrons. The highest BCUT2D eigenvalue weighted by Crippen LogP contribution is 2.29. The van der Waals surface area contributed by atoms with Crippen molar-refractivity contribution in [1.29, 1.82) is 0 Å². The Bertz CT molecular complexity index is 1200. The Kier molecular flexibility index (Phi) is 8.07. The Balaban J connectivity index is 1.62. The van der Waals surface area contributed by atoms with Gasteiger partial charge in [-0.1, -0.05) is 29.8 Å². The number of aryl methyl sites for hydroxylation is 1. The van der Waals surface area contributed by atoms with E-state index in [1.807, 2.05) is 26.0 Å². The van der Waals surface area contributed by atoms with Gasteiger partial charge in [-0.25, -0.2) is 10.2 Å². The number of hydrazone groups is 1. The number of nitro benzene ring substituents is 1. The van der Waals surface area contributed by atoms with Crippen molar-refractivity contribution >= 4 is 23.8 Å². The van der Waals surface area contributed by atoms with Gasteiger partial charge < -0.3 is 9.47 Å². The van der Waals surface area contributed by atoms with Gasteiger partial charge in [-0.05, 0) is 55.3 Å². The number of hydrogen-bond donors (Lipinski definition) is 1. The van der Waals surface area contributed by atoms with E-state index in [4.69, 9.17) is 9.47 Å². The van der Waals surface area contributed by atoms with E-state index in [9.17, 15) is 19.7 Å². The highest BCUT2D eigenvalue weighted by atomic mass is 16.6. The molecule has 9 heteroatoms. The number of carbonyl (C=O) groups excluding carboxylic acids is 2. The van der Waals surface area contributed by atoms with Crippen LogP contribution in [0.25, 0.3) is 0 Å². The molecule has 0 saturated carbocycles. The Morgan fingerprint density at radius 2 is 1.74 bits per heavy atom. The molecular formula is C25H23N3O6. The summed E-state index contributed by atoms with van der Waals surface area (Å²) in [5.74, 6) is -0.240. The fourth-order valence-corrected chi connectivity index (χ4v) is 2.95. The van der Waals surface area contributed by atoms with E-state index in [0.717, 1.165) is 5.56 Å². The molecule has 0 aliphatic carbocycles. The lowest BCUT2D eigenvalue weighted by molar-refractivity contribution is -0.384. The Morgan fingerprint density at radius 3 is 2.38 bits per heavy atom. The minimum absolute atomic E-state index is 0.0213. The van der Waals surface area contributed by atoms with E-state index in [1.165, 1.54) is 30.5 Å². The zero-order valence-corrected chi connectivity index (χ0v) is 18.7. The molecule has 34 heavy (non-hydrogen) atoms. The van der Waals surface area contributed by atoms with Crippen LogP contribution in [0, 0.1) is 17.0 Å². The third-order valence-corrected chi connectivity index (χ3v) is 4.67. The van der Waals surface area contributed by atoms with Gasteiger partial charge in [0.2, 0.25) is 5.91 Å². The summed E-state index contributed by atoms with van der Waals surface area (Å²) in [6.07, 6.45) is 1.45. The maximum absolute atomic E-state index is 12.4. The summed E-state index contributed by atoms with van der Waals surface area (Å²) in [5, 5.41) is 14.6. The molecule has 3 aromatic carbocycles. The zero-order chi connectivity index (χ0) is 24.5. The molecule has 1 amide bonds. The average Bonchev–Trinajstić information content (AvgIpc) is 2.81. The van der Waals surface area contributed by atoms with Gasteiger partial charge in [0.05, 0.1) is 29.7 Å². The van der Waals surface area contributed by atoms with Crippen molar-refractivity contribution in [3.8, 4) is 11.5 Å². The molecule has 9 nitrogen and oxygen atoms in total. The minimum Gasteiger partial charge on any atom is -0.490 e.